The summed E-state index contributed by atoms with van der Waals surface area (Å²) in [7, 11) is 0. The zero-order valence-electron chi connectivity index (χ0n) is 7.29. The van der Waals surface area contributed by atoms with Crippen LogP contribution in [0.15, 0.2) is 0 Å². The summed E-state index contributed by atoms with van der Waals surface area (Å²) in [4.78, 5) is 0. The number of hydrogen-bond acceptors (Lipinski definition) is 3. The van der Waals surface area contributed by atoms with Crippen LogP contribution in [0.5, 0.6) is 0 Å². The SMILES string of the molecule is Cl.NCC1(CCO)CCOCC1. The molecule has 0 atom stereocenters. The Morgan fingerprint density at radius 1 is 1.33 bits per heavy atom. The molecule has 0 spiro atoms. The van der Waals surface area contributed by atoms with Gasteiger partial charge in [0, 0.05) is 19.8 Å². The third kappa shape index (κ3) is 2.90. The van der Waals surface area contributed by atoms with Gasteiger partial charge in [-0.05, 0) is 31.2 Å². The molecule has 0 bridgehead atoms. The van der Waals surface area contributed by atoms with Crippen LogP contribution in [0.2, 0.25) is 0 Å². The van der Waals surface area contributed by atoms with Crippen molar-refractivity contribution in [3.8, 4) is 0 Å². The Bertz CT molecular complexity index is 110. The molecule has 1 rings (SSSR count). The molecule has 3 N–H and O–H groups in total. The molecule has 0 aromatic rings. The predicted octanol–water partition coefficient (Wildman–Crippen LogP) is 0.546. The van der Waals surface area contributed by atoms with Crippen LogP contribution in [0.3, 0.4) is 0 Å². The van der Waals surface area contributed by atoms with Gasteiger partial charge >= 0.3 is 0 Å². The molecule has 0 amide bonds. The molecule has 4 heteroatoms. The third-order valence-electron chi connectivity index (χ3n) is 2.63. The second-order valence-electron chi connectivity index (χ2n) is 3.29. The average Bonchev–Trinajstić information content (AvgIpc) is 2.07. The lowest BCUT2D eigenvalue weighted by Crippen LogP contribution is -2.37. The molecule has 3 nitrogen and oxygen atoms in total. The molecule has 1 fully saturated rings. The summed E-state index contributed by atoms with van der Waals surface area (Å²) < 4.78 is 5.24. The molecule has 0 aromatic carbocycles. The van der Waals surface area contributed by atoms with Crippen molar-refractivity contribution >= 4 is 12.4 Å². The number of hydrogen-bond donors (Lipinski definition) is 2. The van der Waals surface area contributed by atoms with E-state index in [1.54, 1.807) is 0 Å². The first-order valence-electron chi connectivity index (χ1n) is 4.22. The Morgan fingerprint density at radius 2 is 1.92 bits per heavy atom. The van der Waals surface area contributed by atoms with Gasteiger partial charge < -0.3 is 15.6 Å². The summed E-state index contributed by atoms with van der Waals surface area (Å²) in [6, 6.07) is 0. The first-order valence-corrected chi connectivity index (χ1v) is 4.22. The number of aliphatic hydroxyl groups is 1. The van der Waals surface area contributed by atoms with Crippen molar-refractivity contribution in [1.82, 2.24) is 0 Å². The molecule has 0 aliphatic carbocycles. The van der Waals surface area contributed by atoms with Gasteiger partial charge in [-0.15, -0.1) is 12.4 Å². The number of rotatable bonds is 3. The van der Waals surface area contributed by atoms with E-state index in [0.29, 0.717) is 6.54 Å². The molecule has 74 valence electrons. The fourth-order valence-electron chi connectivity index (χ4n) is 1.60. The molecule has 0 unspecified atom stereocenters. The van der Waals surface area contributed by atoms with Crippen LogP contribution in [-0.4, -0.2) is 31.5 Å². The Hall–Kier alpha value is 0.170. The van der Waals surface area contributed by atoms with E-state index in [0.717, 1.165) is 32.5 Å². The van der Waals surface area contributed by atoms with E-state index in [1.165, 1.54) is 0 Å². The van der Waals surface area contributed by atoms with Crippen molar-refractivity contribution in [2.75, 3.05) is 26.4 Å². The quantitative estimate of drug-likeness (QED) is 0.692. The minimum absolute atomic E-state index is 0. The molecule has 1 aliphatic heterocycles. The van der Waals surface area contributed by atoms with Gasteiger partial charge in [0.25, 0.3) is 0 Å². The minimum Gasteiger partial charge on any atom is -0.396 e. The van der Waals surface area contributed by atoms with Crippen LogP contribution in [-0.2, 0) is 4.74 Å². The van der Waals surface area contributed by atoms with Crippen molar-refractivity contribution in [1.29, 1.82) is 0 Å². The summed E-state index contributed by atoms with van der Waals surface area (Å²) >= 11 is 0. The van der Waals surface area contributed by atoms with Crippen LogP contribution >= 0.6 is 12.4 Å². The van der Waals surface area contributed by atoms with Crippen molar-refractivity contribution in [3.05, 3.63) is 0 Å². The second kappa shape index (κ2) is 5.75. The summed E-state index contributed by atoms with van der Waals surface area (Å²) in [5, 5.41) is 8.82. The maximum absolute atomic E-state index is 8.82. The highest BCUT2D eigenvalue weighted by Gasteiger charge is 2.30. The van der Waals surface area contributed by atoms with Gasteiger partial charge in [0.15, 0.2) is 0 Å². The van der Waals surface area contributed by atoms with Crippen molar-refractivity contribution < 1.29 is 9.84 Å². The van der Waals surface area contributed by atoms with Crippen LogP contribution in [0.25, 0.3) is 0 Å². The highest BCUT2D eigenvalue weighted by atomic mass is 35.5. The minimum atomic E-state index is 0. The van der Waals surface area contributed by atoms with E-state index >= 15 is 0 Å². The third-order valence-corrected chi connectivity index (χ3v) is 2.63. The fraction of sp³-hybridized carbons (Fsp3) is 1.00. The highest BCUT2D eigenvalue weighted by molar-refractivity contribution is 5.85. The van der Waals surface area contributed by atoms with Crippen LogP contribution < -0.4 is 5.73 Å². The lowest BCUT2D eigenvalue weighted by Gasteiger charge is -2.35. The first-order chi connectivity index (χ1) is 5.33. The van der Waals surface area contributed by atoms with Gasteiger partial charge in [-0.3, -0.25) is 0 Å². The predicted molar refractivity (Wildman–Crippen MR) is 50.5 cm³/mol. The van der Waals surface area contributed by atoms with Gasteiger partial charge in [-0.1, -0.05) is 0 Å². The van der Waals surface area contributed by atoms with E-state index in [4.69, 9.17) is 15.6 Å². The molecule has 0 radical (unpaired) electrons. The van der Waals surface area contributed by atoms with Gasteiger partial charge in [0.05, 0.1) is 0 Å². The fourth-order valence-corrected chi connectivity index (χ4v) is 1.60. The molecular formula is C8H18ClNO2. The topological polar surface area (TPSA) is 55.5 Å². The largest absolute Gasteiger partial charge is 0.396 e. The van der Waals surface area contributed by atoms with E-state index in [2.05, 4.69) is 0 Å². The normalized spacial score (nSPS) is 21.5. The zero-order valence-corrected chi connectivity index (χ0v) is 8.11. The van der Waals surface area contributed by atoms with E-state index in [-0.39, 0.29) is 24.4 Å². The monoisotopic (exact) mass is 195 g/mol. The number of halogens is 1. The van der Waals surface area contributed by atoms with Crippen molar-refractivity contribution in [2.45, 2.75) is 19.3 Å². The molecule has 1 heterocycles. The maximum Gasteiger partial charge on any atom is 0.0471 e. The van der Waals surface area contributed by atoms with Gasteiger partial charge in [-0.2, -0.15) is 0 Å². The van der Waals surface area contributed by atoms with Crippen molar-refractivity contribution in [3.63, 3.8) is 0 Å². The van der Waals surface area contributed by atoms with Crippen LogP contribution in [0, 0.1) is 5.41 Å². The van der Waals surface area contributed by atoms with Gasteiger partial charge in [0.1, 0.15) is 0 Å². The van der Waals surface area contributed by atoms with Crippen molar-refractivity contribution in [2.24, 2.45) is 11.1 Å². The standard InChI is InChI=1S/C8H17NO2.ClH/c9-7-8(1-4-10)2-5-11-6-3-8;/h10H,1-7,9H2;1H. The lowest BCUT2D eigenvalue weighted by atomic mass is 9.78. The molecule has 0 saturated carbocycles. The molecule has 1 saturated heterocycles. The van der Waals surface area contributed by atoms with E-state index < -0.39 is 0 Å². The Balaban J connectivity index is 0.00000121. The van der Waals surface area contributed by atoms with Gasteiger partial charge in [-0.25, -0.2) is 0 Å². The Morgan fingerprint density at radius 3 is 2.33 bits per heavy atom. The summed E-state index contributed by atoms with van der Waals surface area (Å²) in [5.74, 6) is 0. The Kier molecular flexibility index (Phi) is 5.84. The smallest absolute Gasteiger partial charge is 0.0471 e. The summed E-state index contributed by atoms with van der Waals surface area (Å²) in [5.41, 5.74) is 5.83. The highest BCUT2D eigenvalue weighted by Crippen LogP contribution is 2.32. The second-order valence-corrected chi connectivity index (χ2v) is 3.29. The summed E-state index contributed by atoms with van der Waals surface area (Å²) in [6.07, 6.45) is 2.83. The summed E-state index contributed by atoms with van der Waals surface area (Å²) in [6.45, 7) is 2.53. The maximum atomic E-state index is 8.82. The molecule has 0 aromatic heterocycles. The lowest BCUT2D eigenvalue weighted by molar-refractivity contribution is 0.00692. The van der Waals surface area contributed by atoms with Gasteiger partial charge in [0.2, 0.25) is 0 Å². The molecule has 12 heavy (non-hydrogen) atoms. The van der Waals surface area contributed by atoms with E-state index in [9.17, 15) is 0 Å². The zero-order chi connectivity index (χ0) is 8.16. The number of aliphatic hydroxyl groups excluding tert-OH is 1. The Labute approximate surface area is 79.7 Å². The number of nitrogens with two attached hydrogens (primary N) is 1. The van der Waals surface area contributed by atoms with Crippen LogP contribution in [0.1, 0.15) is 19.3 Å². The van der Waals surface area contributed by atoms with E-state index in [1.807, 2.05) is 0 Å². The van der Waals surface area contributed by atoms with Crippen LogP contribution in [0.4, 0.5) is 0 Å². The molecular weight excluding hydrogens is 178 g/mol. The average molecular weight is 196 g/mol. The first kappa shape index (κ1) is 12.2. The number of ether oxygens (including phenoxy) is 1. The molecule has 1 aliphatic rings.